The number of nitrogens with one attached hydrogen (secondary N) is 1. The lowest BCUT2D eigenvalue weighted by Crippen LogP contribution is -2.43. The van der Waals surface area contributed by atoms with Gasteiger partial charge in [-0.15, -0.1) is 0 Å². The van der Waals surface area contributed by atoms with Gasteiger partial charge in [0.25, 0.3) is 5.91 Å². The summed E-state index contributed by atoms with van der Waals surface area (Å²) in [5.74, 6) is 0.647. The molecule has 7 heteroatoms. The number of sulfone groups is 1. The summed E-state index contributed by atoms with van der Waals surface area (Å²) in [5, 5.41) is 3.05. The maximum Gasteiger partial charge on any atom is 0.255 e. The number of pyridine rings is 1. The van der Waals surface area contributed by atoms with Crippen LogP contribution in [0.2, 0.25) is 0 Å². The van der Waals surface area contributed by atoms with Crippen molar-refractivity contribution >= 4 is 21.6 Å². The zero-order chi connectivity index (χ0) is 13.9. The molecule has 0 radical (unpaired) electrons. The molecule has 1 saturated heterocycles. The van der Waals surface area contributed by atoms with Crippen LogP contribution < -0.4 is 5.32 Å². The number of amides is 1. The summed E-state index contributed by atoms with van der Waals surface area (Å²) in [7, 11) is -2.96. The van der Waals surface area contributed by atoms with E-state index in [-0.39, 0.29) is 30.5 Å². The Balaban J connectivity index is 2.04. The van der Waals surface area contributed by atoms with Crippen molar-refractivity contribution in [3.05, 3.63) is 23.9 Å². The summed E-state index contributed by atoms with van der Waals surface area (Å²) in [4.78, 5) is 17.8. The molecule has 1 aromatic heterocycles. The van der Waals surface area contributed by atoms with Crippen LogP contribution in [0.4, 0.5) is 5.82 Å². The van der Waals surface area contributed by atoms with Crippen molar-refractivity contribution in [3.63, 3.8) is 0 Å². The van der Waals surface area contributed by atoms with Gasteiger partial charge in [0.1, 0.15) is 5.82 Å². The molecule has 0 aliphatic carbocycles. The molecule has 1 fully saturated rings. The van der Waals surface area contributed by atoms with Crippen molar-refractivity contribution in [1.82, 2.24) is 9.88 Å². The summed E-state index contributed by atoms with van der Waals surface area (Å²) >= 11 is 0. The molecule has 1 amide bonds. The first-order chi connectivity index (χ1) is 9.02. The summed E-state index contributed by atoms with van der Waals surface area (Å²) in [6.07, 6.45) is 1.52. The van der Waals surface area contributed by atoms with Crippen molar-refractivity contribution in [2.45, 2.75) is 6.92 Å². The van der Waals surface area contributed by atoms with E-state index in [2.05, 4.69) is 10.3 Å². The molecule has 1 N–H and O–H groups in total. The van der Waals surface area contributed by atoms with Crippen LogP contribution in [0, 0.1) is 0 Å². The molecule has 0 spiro atoms. The van der Waals surface area contributed by atoms with Crippen molar-refractivity contribution in [2.24, 2.45) is 0 Å². The third-order valence-electron chi connectivity index (χ3n) is 3.00. The highest BCUT2D eigenvalue weighted by Crippen LogP contribution is 2.11. The molecule has 0 unspecified atom stereocenters. The van der Waals surface area contributed by atoms with E-state index in [0.717, 1.165) is 12.4 Å². The van der Waals surface area contributed by atoms with Crippen LogP contribution in [0.15, 0.2) is 18.3 Å². The SMILES string of the molecule is CCNc1ccc(C(=O)N2CCS(=O)(=O)CC2)cn1. The number of carbonyl (C=O) groups excluding carboxylic acids is 1. The molecular formula is C12H17N3O3S. The van der Waals surface area contributed by atoms with Gasteiger partial charge in [0.15, 0.2) is 9.84 Å². The number of rotatable bonds is 3. The van der Waals surface area contributed by atoms with Crippen LogP contribution in [0.25, 0.3) is 0 Å². The van der Waals surface area contributed by atoms with E-state index in [9.17, 15) is 13.2 Å². The molecule has 19 heavy (non-hydrogen) atoms. The van der Waals surface area contributed by atoms with Gasteiger partial charge in [-0.1, -0.05) is 0 Å². The van der Waals surface area contributed by atoms with Crippen LogP contribution in [-0.4, -0.2) is 55.3 Å². The Morgan fingerprint density at radius 2 is 2.05 bits per heavy atom. The van der Waals surface area contributed by atoms with E-state index in [1.54, 1.807) is 17.0 Å². The Labute approximate surface area is 112 Å². The van der Waals surface area contributed by atoms with Crippen molar-refractivity contribution in [3.8, 4) is 0 Å². The van der Waals surface area contributed by atoms with Gasteiger partial charge < -0.3 is 10.2 Å². The average Bonchev–Trinajstić information content (AvgIpc) is 2.39. The maximum atomic E-state index is 12.2. The minimum absolute atomic E-state index is 0.0433. The molecule has 0 atom stereocenters. The molecule has 2 heterocycles. The van der Waals surface area contributed by atoms with Crippen LogP contribution in [0.3, 0.4) is 0 Å². The lowest BCUT2D eigenvalue weighted by Gasteiger charge is -2.26. The van der Waals surface area contributed by atoms with E-state index in [1.165, 1.54) is 6.20 Å². The molecule has 1 aromatic rings. The lowest BCUT2D eigenvalue weighted by atomic mass is 10.2. The Hall–Kier alpha value is -1.63. The van der Waals surface area contributed by atoms with Gasteiger partial charge in [-0.05, 0) is 19.1 Å². The molecule has 0 bridgehead atoms. The summed E-state index contributed by atoms with van der Waals surface area (Å²) in [6, 6.07) is 3.45. The largest absolute Gasteiger partial charge is 0.370 e. The molecule has 6 nitrogen and oxygen atoms in total. The number of anilines is 1. The Morgan fingerprint density at radius 3 is 2.58 bits per heavy atom. The molecule has 104 valence electrons. The fourth-order valence-corrected chi connectivity index (χ4v) is 3.11. The smallest absolute Gasteiger partial charge is 0.255 e. The first-order valence-electron chi connectivity index (χ1n) is 6.21. The second-order valence-corrected chi connectivity index (χ2v) is 6.71. The number of aromatic nitrogens is 1. The minimum Gasteiger partial charge on any atom is -0.370 e. The maximum absolute atomic E-state index is 12.2. The van der Waals surface area contributed by atoms with E-state index >= 15 is 0 Å². The Bertz CT molecular complexity index is 540. The number of hydrogen-bond acceptors (Lipinski definition) is 5. The molecule has 1 aliphatic heterocycles. The molecule has 2 rings (SSSR count). The van der Waals surface area contributed by atoms with Crippen LogP contribution >= 0.6 is 0 Å². The Kier molecular flexibility index (Phi) is 4.04. The first kappa shape index (κ1) is 13.8. The topological polar surface area (TPSA) is 79.4 Å². The highest BCUT2D eigenvalue weighted by atomic mass is 32.2. The third kappa shape index (κ3) is 3.44. The predicted octanol–water partition coefficient (Wildman–Crippen LogP) is 0.384. The number of hydrogen-bond donors (Lipinski definition) is 1. The highest BCUT2D eigenvalue weighted by Gasteiger charge is 2.25. The van der Waals surface area contributed by atoms with Gasteiger partial charge >= 0.3 is 0 Å². The van der Waals surface area contributed by atoms with Gasteiger partial charge in [0, 0.05) is 25.8 Å². The second kappa shape index (κ2) is 5.56. The molecule has 0 aromatic carbocycles. The molecule has 0 saturated carbocycles. The summed E-state index contributed by atoms with van der Waals surface area (Å²) in [6.45, 7) is 3.26. The minimum atomic E-state index is -2.96. The monoisotopic (exact) mass is 283 g/mol. The van der Waals surface area contributed by atoms with Gasteiger partial charge in [-0.25, -0.2) is 13.4 Å². The third-order valence-corrected chi connectivity index (χ3v) is 4.61. The standard InChI is InChI=1S/C12H17N3O3S/c1-2-13-11-4-3-10(9-14-11)12(16)15-5-7-19(17,18)8-6-15/h3-4,9H,2,5-8H2,1H3,(H,13,14). The summed E-state index contributed by atoms with van der Waals surface area (Å²) < 4.78 is 22.6. The highest BCUT2D eigenvalue weighted by molar-refractivity contribution is 7.91. The van der Waals surface area contributed by atoms with Crippen LogP contribution in [0.1, 0.15) is 17.3 Å². The van der Waals surface area contributed by atoms with Gasteiger partial charge in [0.05, 0.1) is 17.1 Å². The predicted molar refractivity (Wildman–Crippen MR) is 73.0 cm³/mol. The zero-order valence-corrected chi connectivity index (χ0v) is 11.6. The van der Waals surface area contributed by atoms with E-state index in [0.29, 0.717) is 5.56 Å². The van der Waals surface area contributed by atoms with E-state index in [4.69, 9.17) is 0 Å². The van der Waals surface area contributed by atoms with E-state index in [1.807, 2.05) is 6.92 Å². The van der Waals surface area contributed by atoms with Crippen molar-refractivity contribution in [1.29, 1.82) is 0 Å². The normalized spacial score (nSPS) is 18.1. The zero-order valence-electron chi connectivity index (χ0n) is 10.8. The van der Waals surface area contributed by atoms with Crippen LogP contribution in [-0.2, 0) is 9.84 Å². The number of nitrogens with zero attached hydrogens (tertiary/aromatic N) is 2. The fraction of sp³-hybridized carbons (Fsp3) is 0.500. The fourth-order valence-electron chi connectivity index (χ4n) is 1.90. The Morgan fingerprint density at radius 1 is 1.37 bits per heavy atom. The van der Waals surface area contributed by atoms with Gasteiger partial charge in [0.2, 0.25) is 0 Å². The average molecular weight is 283 g/mol. The van der Waals surface area contributed by atoms with Crippen LogP contribution in [0.5, 0.6) is 0 Å². The number of carbonyl (C=O) groups is 1. The molecular weight excluding hydrogens is 266 g/mol. The van der Waals surface area contributed by atoms with Crippen molar-refractivity contribution < 1.29 is 13.2 Å². The van der Waals surface area contributed by atoms with Crippen molar-refractivity contribution in [2.75, 3.05) is 36.5 Å². The second-order valence-electron chi connectivity index (χ2n) is 4.41. The quantitative estimate of drug-likeness (QED) is 0.867. The molecule has 1 aliphatic rings. The lowest BCUT2D eigenvalue weighted by molar-refractivity contribution is 0.0770. The van der Waals surface area contributed by atoms with Gasteiger partial charge in [-0.3, -0.25) is 4.79 Å². The van der Waals surface area contributed by atoms with E-state index < -0.39 is 9.84 Å². The summed E-state index contributed by atoms with van der Waals surface area (Å²) in [5.41, 5.74) is 0.487. The van der Waals surface area contributed by atoms with Gasteiger partial charge in [-0.2, -0.15) is 0 Å². The first-order valence-corrected chi connectivity index (χ1v) is 8.03.